The molecule has 0 unspecified atom stereocenters. The molecule has 0 aliphatic carbocycles. The molecule has 0 radical (unpaired) electrons. The van der Waals surface area contributed by atoms with Gasteiger partial charge in [-0.05, 0) is 17.0 Å². The van der Waals surface area contributed by atoms with Gasteiger partial charge in [-0.1, -0.05) is 32.9 Å². The second-order valence-corrected chi connectivity index (χ2v) is 5.99. The van der Waals surface area contributed by atoms with Crippen LogP contribution in [0.1, 0.15) is 32.4 Å². The van der Waals surface area contributed by atoms with Crippen LogP contribution in [0.3, 0.4) is 0 Å². The predicted molar refractivity (Wildman–Crippen MR) is 73.3 cm³/mol. The summed E-state index contributed by atoms with van der Waals surface area (Å²) in [5.41, 5.74) is 1.24. The summed E-state index contributed by atoms with van der Waals surface area (Å²) >= 11 is 0. The molecule has 2 rings (SSSR count). The number of hydrogen-bond acceptors (Lipinski definition) is 3. The second kappa shape index (κ2) is 5.27. The quantitative estimate of drug-likeness (QED) is 0.795. The van der Waals surface area contributed by atoms with E-state index < -0.39 is 12.1 Å². The minimum Gasteiger partial charge on any atom is -0.387 e. The zero-order chi connectivity index (χ0) is 14.0. The molecule has 5 heteroatoms. The third-order valence-electron chi connectivity index (χ3n) is 2.92. The van der Waals surface area contributed by atoms with Gasteiger partial charge in [0.25, 0.3) is 0 Å². The fraction of sp³-hybridized carbons (Fsp3) is 0.500. The molecule has 104 valence electrons. The molecule has 1 aromatic heterocycles. The Morgan fingerprint density at radius 1 is 1.42 bits per heavy atom. The number of benzene rings is 1. The molecule has 2 aromatic rings. The van der Waals surface area contributed by atoms with Gasteiger partial charge in [0.2, 0.25) is 5.95 Å². The standard InChI is InChI=1S/C14H20FN3O/c1-14(2,3)8-16-7-11(19)9-5-4-6-10-12(9)13(15)18-17-10/h4-6,11,16,19H,7-8H2,1-3H3,(H,17,18)/t11-/m0/s1. The molecule has 1 atom stereocenters. The summed E-state index contributed by atoms with van der Waals surface area (Å²) in [6.45, 7) is 7.52. The Balaban J connectivity index is 2.13. The lowest BCUT2D eigenvalue weighted by Gasteiger charge is -2.20. The third-order valence-corrected chi connectivity index (χ3v) is 2.92. The summed E-state index contributed by atoms with van der Waals surface area (Å²) in [6.07, 6.45) is -0.752. The molecular weight excluding hydrogens is 245 g/mol. The number of aromatic amines is 1. The SMILES string of the molecule is CC(C)(C)CNC[C@H](O)c1cccc2n[nH]c(F)c12. The average Bonchev–Trinajstić information content (AvgIpc) is 2.69. The van der Waals surface area contributed by atoms with E-state index >= 15 is 0 Å². The number of rotatable bonds is 4. The van der Waals surface area contributed by atoms with Crippen LogP contribution in [-0.2, 0) is 0 Å². The summed E-state index contributed by atoms with van der Waals surface area (Å²) in [4.78, 5) is 0. The number of aliphatic hydroxyl groups is 1. The van der Waals surface area contributed by atoms with Crippen molar-refractivity contribution in [2.24, 2.45) is 5.41 Å². The minimum absolute atomic E-state index is 0.145. The van der Waals surface area contributed by atoms with Crippen molar-refractivity contribution in [3.8, 4) is 0 Å². The number of aromatic nitrogens is 2. The van der Waals surface area contributed by atoms with Crippen LogP contribution in [0, 0.1) is 11.4 Å². The van der Waals surface area contributed by atoms with Crippen molar-refractivity contribution in [1.29, 1.82) is 0 Å². The molecule has 0 aliphatic heterocycles. The summed E-state index contributed by atoms with van der Waals surface area (Å²) in [5.74, 6) is -0.500. The van der Waals surface area contributed by atoms with Gasteiger partial charge >= 0.3 is 0 Å². The van der Waals surface area contributed by atoms with E-state index in [-0.39, 0.29) is 5.41 Å². The van der Waals surface area contributed by atoms with Crippen molar-refractivity contribution in [3.05, 3.63) is 29.7 Å². The van der Waals surface area contributed by atoms with Crippen LogP contribution in [0.2, 0.25) is 0 Å². The largest absolute Gasteiger partial charge is 0.387 e. The van der Waals surface area contributed by atoms with Crippen molar-refractivity contribution >= 4 is 10.9 Å². The van der Waals surface area contributed by atoms with Crippen molar-refractivity contribution < 1.29 is 9.50 Å². The lowest BCUT2D eigenvalue weighted by molar-refractivity contribution is 0.171. The molecule has 0 saturated carbocycles. The van der Waals surface area contributed by atoms with Crippen molar-refractivity contribution in [3.63, 3.8) is 0 Å². The van der Waals surface area contributed by atoms with Crippen LogP contribution in [0.15, 0.2) is 18.2 Å². The van der Waals surface area contributed by atoms with Crippen LogP contribution in [-0.4, -0.2) is 28.4 Å². The monoisotopic (exact) mass is 265 g/mol. The number of nitrogens with one attached hydrogen (secondary N) is 2. The zero-order valence-electron chi connectivity index (χ0n) is 11.5. The maximum atomic E-state index is 13.6. The Bertz CT molecular complexity index is 559. The van der Waals surface area contributed by atoms with Gasteiger partial charge in [-0.2, -0.15) is 9.49 Å². The van der Waals surface area contributed by atoms with Gasteiger partial charge in [-0.3, -0.25) is 5.10 Å². The maximum absolute atomic E-state index is 13.6. The molecule has 0 amide bonds. The molecule has 3 N–H and O–H groups in total. The highest BCUT2D eigenvalue weighted by atomic mass is 19.1. The number of H-pyrrole nitrogens is 1. The first kappa shape index (κ1) is 14.0. The normalized spacial score (nSPS) is 13.9. The van der Waals surface area contributed by atoms with E-state index in [4.69, 9.17) is 0 Å². The molecule has 1 aromatic carbocycles. The first-order valence-electron chi connectivity index (χ1n) is 6.40. The van der Waals surface area contributed by atoms with Crippen LogP contribution in [0.25, 0.3) is 10.9 Å². The van der Waals surface area contributed by atoms with Gasteiger partial charge in [0.1, 0.15) is 0 Å². The van der Waals surface area contributed by atoms with Crippen LogP contribution in [0.5, 0.6) is 0 Å². The topological polar surface area (TPSA) is 60.9 Å². The van der Waals surface area contributed by atoms with Crippen molar-refractivity contribution in [1.82, 2.24) is 15.5 Å². The molecule has 4 nitrogen and oxygen atoms in total. The van der Waals surface area contributed by atoms with E-state index in [2.05, 4.69) is 36.3 Å². The Morgan fingerprint density at radius 2 is 2.16 bits per heavy atom. The van der Waals surface area contributed by atoms with E-state index in [0.29, 0.717) is 23.0 Å². The van der Waals surface area contributed by atoms with E-state index in [1.54, 1.807) is 18.2 Å². The number of aliphatic hydroxyl groups excluding tert-OH is 1. The first-order valence-corrected chi connectivity index (χ1v) is 6.40. The van der Waals surface area contributed by atoms with Crippen molar-refractivity contribution in [2.45, 2.75) is 26.9 Å². The molecule has 0 fully saturated rings. The molecule has 0 bridgehead atoms. The fourth-order valence-electron chi connectivity index (χ4n) is 2.03. The molecule has 0 aliphatic rings. The number of hydrogen-bond donors (Lipinski definition) is 3. The highest BCUT2D eigenvalue weighted by molar-refractivity contribution is 5.82. The summed E-state index contributed by atoms with van der Waals surface area (Å²) in [7, 11) is 0. The highest BCUT2D eigenvalue weighted by Crippen LogP contribution is 2.25. The van der Waals surface area contributed by atoms with Gasteiger partial charge < -0.3 is 10.4 Å². The van der Waals surface area contributed by atoms with Gasteiger partial charge in [-0.15, -0.1) is 0 Å². The third kappa shape index (κ3) is 3.30. The van der Waals surface area contributed by atoms with E-state index in [1.165, 1.54) is 0 Å². The van der Waals surface area contributed by atoms with Crippen molar-refractivity contribution in [2.75, 3.05) is 13.1 Å². The number of nitrogens with zero attached hydrogens (tertiary/aromatic N) is 1. The smallest absolute Gasteiger partial charge is 0.217 e. The predicted octanol–water partition coefficient (Wildman–Crippen LogP) is 2.37. The molecule has 19 heavy (non-hydrogen) atoms. The second-order valence-electron chi connectivity index (χ2n) is 5.99. The average molecular weight is 265 g/mol. The number of halogens is 1. The summed E-state index contributed by atoms with van der Waals surface area (Å²) < 4.78 is 13.6. The van der Waals surface area contributed by atoms with Gasteiger partial charge in [0.05, 0.1) is 17.0 Å². The fourth-order valence-corrected chi connectivity index (χ4v) is 2.03. The van der Waals surface area contributed by atoms with E-state index in [0.717, 1.165) is 6.54 Å². The first-order chi connectivity index (χ1) is 8.88. The molecule has 0 spiro atoms. The Hall–Kier alpha value is -1.46. The van der Waals surface area contributed by atoms with E-state index in [9.17, 15) is 9.50 Å². The van der Waals surface area contributed by atoms with E-state index in [1.807, 2.05) is 0 Å². The van der Waals surface area contributed by atoms with Gasteiger partial charge in [-0.25, -0.2) is 0 Å². The highest BCUT2D eigenvalue weighted by Gasteiger charge is 2.17. The maximum Gasteiger partial charge on any atom is 0.217 e. The summed E-state index contributed by atoms with van der Waals surface area (Å²) in [5, 5.41) is 19.9. The molecular formula is C14H20FN3O. The Morgan fingerprint density at radius 3 is 2.84 bits per heavy atom. The lowest BCUT2D eigenvalue weighted by Crippen LogP contribution is -2.30. The van der Waals surface area contributed by atoms with Crippen LogP contribution < -0.4 is 5.32 Å². The molecule has 0 saturated heterocycles. The van der Waals surface area contributed by atoms with Gasteiger partial charge in [0.15, 0.2) is 0 Å². The van der Waals surface area contributed by atoms with Gasteiger partial charge in [0, 0.05) is 13.1 Å². The minimum atomic E-state index is -0.752. The lowest BCUT2D eigenvalue weighted by atomic mass is 9.96. The molecule has 1 heterocycles. The summed E-state index contributed by atoms with van der Waals surface area (Å²) in [6, 6.07) is 5.21. The number of fused-ring (bicyclic) bond motifs is 1. The van der Waals surface area contributed by atoms with Crippen LogP contribution in [0.4, 0.5) is 4.39 Å². The zero-order valence-corrected chi connectivity index (χ0v) is 11.5. The Labute approximate surface area is 112 Å². The Kier molecular flexibility index (Phi) is 3.87. The van der Waals surface area contributed by atoms with Crippen LogP contribution >= 0.6 is 0 Å².